The second kappa shape index (κ2) is 11.7. The lowest BCUT2D eigenvalue weighted by atomic mass is 9.97. The molecule has 25 heavy (non-hydrogen) atoms. The number of carbonyl (C=O) groups excluding carboxylic acids is 1. The molecule has 0 unspecified atom stereocenters. The summed E-state index contributed by atoms with van der Waals surface area (Å²) in [5, 5.41) is 5.81. The van der Waals surface area contributed by atoms with Crippen molar-refractivity contribution >= 4 is 11.7 Å². The number of rotatable bonds is 10. The van der Waals surface area contributed by atoms with Crippen molar-refractivity contribution in [3.05, 3.63) is 41.5 Å². The molecule has 0 saturated heterocycles. The summed E-state index contributed by atoms with van der Waals surface area (Å²) in [7, 11) is 0. The molecule has 0 radical (unpaired) electrons. The van der Waals surface area contributed by atoms with E-state index in [9.17, 15) is 4.79 Å². The molecule has 5 nitrogen and oxygen atoms in total. The highest BCUT2D eigenvalue weighted by Crippen LogP contribution is 2.19. The van der Waals surface area contributed by atoms with Gasteiger partial charge in [0.2, 0.25) is 0 Å². The molecule has 0 aliphatic heterocycles. The van der Waals surface area contributed by atoms with E-state index in [1.54, 1.807) is 0 Å². The molecule has 5 heteroatoms. The number of hydrogen-bond donors (Lipinski definition) is 2. The molecule has 0 saturated carbocycles. The Morgan fingerprint density at radius 1 is 1.20 bits per heavy atom. The van der Waals surface area contributed by atoms with E-state index in [1.807, 2.05) is 31.2 Å². The monoisotopic (exact) mass is 346 g/mol. The summed E-state index contributed by atoms with van der Waals surface area (Å²) >= 11 is 0. The van der Waals surface area contributed by atoms with Crippen molar-refractivity contribution < 1.29 is 14.3 Å². The number of ether oxygens (including phenoxy) is 2. The van der Waals surface area contributed by atoms with E-state index in [-0.39, 0.29) is 6.03 Å². The molecule has 0 spiro atoms. The molecule has 1 aromatic rings. The van der Waals surface area contributed by atoms with Crippen LogP contribution < -0.4 is 10.6 Å². The zero-order valence-electron chi connectivity index (χ0n) is 15.2. The smallest absolute Gasteiger partial charge is 0.319 e. The minimum Gasteiger partial charge on any atom is -0.379 e. The van der Waals surface area contributed by atoms with Gasteiger partial charge >= 0.3 is 6.03 Å². The first kappa shape index (κ1) is 19.5. The largest absolute Gasteiger partial charge is 0.379 e. The summed E-state index contributed by atoms with van der Waals surface area (Å²) in [5.74, 6) is 0. The third kappa shape index (κ3) is 8.18. The Labute approximate surface area is 150 Å². The maximum Gasteiger partial charge on any atom is 0.319 e. The lowest BCUT2D eigenvalue weighted by Gasteiger charge is -2.13. The van der Waals surface area contributed by atoms with Crippen molar-refractivity contribution in [2.24, 2.45) is 0 Å². The van der Waals surface area contributed by atoms with Crippen LogP contribution in [0.2, 0.25) is 0 Å². The standard InChI is InChI=1S/C20H30N2O3/c1-2-24-13-14-25-16-18-9-6-10-19(15-18)22-20(23)21-12-11-17-7-4-3-5-8-17/h6-7,9-10,15H,2-5,8,11-14,16H2,1H3,(H2,21,22,23). The quantitative estimate of drug-likeness (QED) is 0.492. The van der Waals surface area contributed by atoms with Gasteiger partial charge in [0.25, 0.3) is 0 Å². The van der Waals surface area contributed by atoms with Gasteiger partial charge in [-0.05, 0) is 56.7 Å². The molecule has 0 aromatic heterocycles. The van der Waals surface area contributed by atoms with Gasteiger partial charge in [0.1, 0.15) is 0 Å². The lowest BCUT2D eigenvalue weighted by Crippen LogP contribution is -2.29. The summed E-state index contributed by atoms with van der Waals surface area (Å²) in [6.07, 6.45) is 8.19. The number of allylic oxidation sites excluding steroid dienone is 1. The fourth-order valence-electron chi connectivity index (χ4n) is 2.83. The Balaban J connectivity index is 1.67. The number of benzene rings is 1. The molecule has 1 aliphatic rings. The number of hydrogen-bond acceptors (Lipinski definition) is 3. The number of carbonyl (C=O) groups is 1. The number of nitrogens with one attached hydrogen (secondary N) is 2. The van der Waals surface area contributed by atoms with Crippen LogP contribution >= 0.6 is 0 Å². The SMILES string of the molecule is CCOCCOCc1cccc(NC(=O)NCCC2=CCCCC2)c1. The van der Waals surface area contributed by atoms with Crippen LogP contribution in [0, 0.1) is 0 Å². The first-order valence-electron chi connectivity index (χ1n) is 9.25. The lowest BCUT2D eigenvalue weighted by molar-refractivity contribution is 0.0453. The van der Waals surface area contributed by atoms with Gasteiger partial charge in [0.05, 0.1) is 19.8 Å². The summed E-state index contributed by atoms with van der Waals surface area (Å²) < 4.78 is 10.8. The summed E-state index contributed by atoms with van der Waals surface area (Å²) in [4.78, 5) is 12.0. The third-order valence-corrected chi connectivity index (χ3v) is 4.15. The molecule has 2 N–H and O–H groups in total. The van der Waals surface area contributed by atoms with Crippen LogP contribution in [-0.2, 0) is 16.1 Å². The van der Waals surface area contributed by atoms with E-state index in [2.05, 4.69) is 16.7 Å². The van der Waals surface area contributed by atoms with Gasteiger partial charge in [0.15, 0.2) is 0 Å². The van der Waals surface area contributed by atoms with Crippen LogP contribution in [0.3, 0.4) is 0 Å². The Bertz CT molecular complexity index is 558. The van der Waals surface area contributed by atoms with Crippen LogP contribution in [0.4, 0.5) is 10.5 Å². The van der Waals surface area contributed by atoms with Crippen molar-refractivity contribution in [1.82, 2.24) is 5.32 Å². The van der Waals surface area contributed by atoms with Gasteiger partial charge in [-0.25, -0.2) is 4.79 Å². The minimum absolute atomic E-state index is 0.161. The van der Waals surface area contributed by atoms with Crippen molar-refractivity contribution in [2.45, 2.75) is 45.6 Å². The topological polar surface area (TPSA) is 59.6 Å². The van der Waals surface area contributed by atoms with E-state index in [0.717, 1.165) is 17.7 Å². The molecular weight excluding hydrogens is 316 g/mol. The van der Waals surface area contributed by atoms with Crippen LogP contribution in [0.15, 0.2) is 35.9 Å². The molecule has 0 fully saturated rings. The van der Waals surface area contributed by atoms with Crippen LogP contribution in [-0.4, -0.2) is 32.4 Å². The van der Waals surface area contributed by atoms with Crippen molar-refractivity contribution in [3.8, 4) is 0 Å². The molecule has 0 heterocycles. The minimum atomic E-state index is -0.161. The Hall–Kier alpha value is -1.85. The maximum absolute atomic E-state index is 12.0. The molecular formula is C20H30N2O3. The molecule has 0 bridgehead atoms. The Kier molecular flexibility index (Phi) is 9.08. The van der Waals surface area contributed by atoms with Crippen molar-refractivity contribution in [2.75, 3.05) is 31.7 Å². The van der Waals surface area contributed by atoms with Crippen LogP contribution in [0.25, 0.3) is 0 Å². The average Bonchev–Trinajstić information content (AvgIpc) is 2.63. The van der Waals surface area contributed by atoms with Gasteiger partial charge in [-0.15, -0.1) is 0 Å². The van der Waals surface area contributed by atoms with Crippen molar-refractivity contribution in [3.63, 3.8) is 0 Å². The van der Waals surface area contributed by atoms with Crippen LogP contribution in [0.5, 0.6) is 0 Å². The molecule has 2 amide bonds. The fourth-order valence-corrected chi connectivity index (χ4v) is 2.83. The summed E-state index contributed by atoms with van der Waals surface area (Å²) in [5.41, 5.74) is 3.28. The van der Waals surface area contributed by atoms with Gasteiger partial charge in [-0.2, -0.15) is 0 Å². The highest BCUT2D eigenvalue weighted by Gasteiger charge is 2.06. The van der Waals surface area contributed by atoms with Gasteiger partial charge in [0, 0.05) is 18.8 Å². The number of anilines is 1. The fraction of sp³-hybridized carbons (Fsp3) is 0.550. The molecule has 0 atom stereocenters. The second-order valence-electron chi connectivity index (χ2n) is 6.19. The zero-order valence-corrected chi connectivity index (χ0v) is 15.2. The summed E-state index contributed by atoms with van der Waals surface area (Å²) in [6, 6.07) is 7.56. The summed E-state index contributed by atoms with van der Waals surface area (Å²) in [6.45, 7) is 5.03. The predicted molar refractivity (Wildman–Crippen MR) is 101 cm³/mol. The van der Waals surface area contributed by atoms with E-state index in [0.29, 0.717) is 33.0 Å². The Morgan fingerprint density at radius 3 is 2.88 bits per heavy atom. The average molecular weight is 346 g/mol. The normalized spacial score (nSPS) is 14.0. The maximum atomic E-state index is 12.0. The van der Waals surface area contributed by atoms with E-state index in [1.165, 1.54) is 31.3 Å². The van der Waals surface area contributed by atoms with Crippen molar-refractivity contribution in [1.29, 1.82) is 0 Å². The van der Waals surface area contributed by atoms with E-state index >= 15 is 0 Å². The van der Waals surface area contributed by atoms with Gasteiger partial charge < -0.3 is 20.1 Å². The molecule has 1 aliphatic carbocycles. The number of urea groups is 1. The van der Waals surface area contributed by atoms with E-state index in [4.69, 9.17) is 9.47 Å². The third-order valence-electron chi connectivity index (χ3n) is 4.15. The molecule has 2 rings (SSSR count). The number of amides is 2. The highest BCUT2D eigenvalue weighted by molar-refractivity contribution is 5.89. The Morgan fingerprint density at radius 2 is 2.08 bits per heavy atom. The van der Waals surface area contributed by atoms with Crippen LogP contribution in [0.1, 0.15) is 44.6 Å². The second-order valence-corrected chi connectivity index (χ2v) is 6.19. The predicted octanol–water partition coefficient (Wildman–Crippen LogP) is 4.25. The first-order valence-corrected chi connectivity index (χ1v) is 9.25. The van der Waals surface area contributed by atoms with E-state index < -0.39 is 0 Å². The molecule has 1 aromatic carbocycles. The zero-order chi connectivity index (χ0) is 17.7. The molecule has 138 valence electrons. The van der Waals surface area contributed by atoms with Gasteiger partial charge in [-0.3, -0.25) is 0 Å². The van der Waals surface area contributed by atoms with Gasteiger partial charge in [-0.1, -0.05) is 23.8 Å². The highest BCUT2D eigenvalue weighted by atomic mass is 16.5. The first-order chi connectivity index (χ1) is 12.3.